The predicted octanol–water partition coefficient (Wildman–Crippen LogP) is 3.08. The van der Waals surface area contributed by atoms with Gasteiger partial charge in [-0.25, -0.2) is 0 Å². The van der Waals surface area contributed by atoms with Gasteiger partial charge < -0.3 is 0 Å². The maximum Gasteiger partial charge on any atom is 0.134 e. The van der Waals surface area contributed by atoms with Gasteiger partial charge in [-0.3, -0.25) is 4.79 Å². The number of carbonyl (C=O) groups is 1. The smallest absolute Gasteiger partial charge is 0.134 e. The standard InChI is InChI=1S/C9H8ClIO/c1-6(12)5-7-3-2-4-8(10)9(7)11/h2-4H,5H2,1H3. The highest BCUT2D eigenvalue weighted by Crippen LogP contribution is 2.22. The molecule has 0 aliphatic heterocycles. The highest BCUT2D eigenvalue weighted by molar-refractivity contribution is 14.1. The van der Waals surface area contributed by atoms with Gasteiger partial charge in [0.1, 0.15) is 5.78 Å². The van der Waals surface area contributed by atoms with E-state index in [4.69, 9.17) is 11.6 Å². The lowest BCUT2D eigenvalue weighted by Crippen LogP contribution is -1.98. The molecular weight excluding hydrogens is 286 g/mol. The number of benzene rings is 1. The summed E-state index contributed by atoms with van der Waals surface area (Å²) in [6.07, 6.45) is 0.471. The summed E-state index contributed by atoms with van der Waals surface area (Å²) in [5, 5.41) is 0.717. The van der Waals surface area contributed by atoms with Crippen molar-refractivity contribution in [1.82, 2.24) is 0 Å². The first-order valence-corrected chi connectivity index (χ1v) is 4.99. The second-order valence-electron chi connectivity index (χ2n) is 2.59. The van der Waals surface area contributed by atoms with Gasteiger partial charge in [0.25, 0.3) is 0 Å². The molecule has 1 aromatic rings. The van der Waals surface area contributed by atoms with E-state index < -0.39 is 0 Å². The minimum Gasteiger partial charge on any atom is -0.300 e. The van der Waals surface area contributed by atoms with E-state index in [2.05, 4.69) is 22.6 Å². The fourth-order valence-corrected chi connectivity index (χ4v) is 1.70. The van der Waals surface area contributed by atoms with E-state index >= 15 is 0 Å². The van der Waals surface area contributed by atoms with E-state index in [9.17, 15) is 4.79 Å². The topological polar surface area (TPSA) is 17.1 Å². The van der Waals surface area contributed by atoms with Gasteiger partial charge in [0, 0.05) is 9.99 Å². The molecular formula is C9H8ClIO. The molecule has 0 spiro atoms. The van der Waals surface area contributed by atoms with E-state index in [1.165, 1.54) is 0 Å². The Hall–Kier alpha value is -0.0900. The molecule has 64 valence electrons. The third-order valence-corrected chi connectivity index (χ3v) is 3.38. The molecule has 0 aliphatic carbocycles. The maximum atomic E-state index is 10.8. The largest absolute Gasteiger partial charge is 0.300 e. The van der Waals surface area contributed by atoms with Crippen molar-refractivity contribution in [3.63, 3.8) is 0 Å². The van der Waals surface area contributed by atoms with Crippen LogP contribution in [0.25, 0.3) is 0 Å². The van der Waals surface area contributed by atoms with Crippen LogP contribution in [-0.4, -0.2) is 5.78 Å². The molecule has 0 heterocycles. The molecule has 1 rings (SSSR count). The summed E-state index contributed by atoms with van der Waals surface area (Å²) in [6.45, 7) is 1.58. The lowest BCUT2D eigenvalue weighted by Gasteiger charge is -2.02. The van der Waals surface area contributed by atoms with Gasteiger partial charge >= 0.3 is 0 Å². The molecule has 12 heavy (non-hydrogen) atoms. The second-order valence-corrected chi connectivity index (χ2v) is 4.08. The van der Waals surface area contributed by atoms with E-state index in [1.54, 1.807) is 6.92 Å². The van der Waals surface area contributed by atoms with Crippen LogP contribution in [0.5, 0.6) is 0 Å². The highest BCUT2D eigenvalue weighted by Gasteiger charge is 2.04. The average molecular weight is 295 g/mol. The minimum atomic E-state index is 0.162. The summed E-state index contributed by atoms with van der Waals surface area (Å²) in [6, 6.07) is 5.62. The summed E-state index contributed by atoms with van der Waals surface area (Å²) in [5.74, 6) is 0.162. The van der Waals surface area contributed by atoms with Crippen molar-refractivity contribution in [1.29, 1.82) is 0 Å². The van der Waals surface area contributed by atoms with Crippen molar-refractivity contribution >= 4 is 40.0 Å². The van der Waals surface area contributed by atoms with Crippen LogP contribution in [0.15, 0.2) is 18.2 Å². The Morgan fingerprint density at radius 1 is 1.58 bits per heavy atom. The van der Waals surface area contributed by atoms with Crippen molar-refractivity contribution in [3.8, 4) is 0 Å². The Kier molecular flexibility index (Phi) is 3.53. The molecule has 0 saturated heterocycles. The zero-order valence-corrected chi connectivity index (χ0v) is 9.52. The maximum absolute atomic E-state index is 10.8. The quantitative estimate of drug-likeness (QED) is 0.766. The number of carbonyl (C=O) groups excluding carboxylic acids is 1. The van der Waals surface area contributed by atoms with Crippen LogP contribution in [0.1, 0.15) is 12.5 Å². The molecule has 0 aromatic heterocycles. The first-order chi connectivity index (χ1) is 5.61. The molecule has 3 heteroatoms. The van der Waals surface area contributed by atoms with Gasteiger partial charge in [-0.1, -0.05) is 23.7 Å². The van der Waals surface area contributed by atoms with Crippen molar-refractivity contribution in [2.75, 3.05) is 0 Å². The van der Waals surface area contributed by atoms with Crippen LogP contribution in [-0.2, 0) is 11.2 Å². The fraction of sp³-hybridized carbons (Fsp3) is 0.222. The molecule has 1 nitrogen and oxygen atoms in total. The Labute approximate surface area is 90.3 Å². The molecule has 0 fully saturated rings. The first kappa shape index (κ1) is 9.99. The summed E-state index contributed by atoms with van der Waals surface area (Å²) < 4.78 is 0.979. The van der Waals surface area contributed by atoms with E-state index in [0.29, 0.717) is 11.4 Å². The predicted molar refractivity (Wildman–Crippen MR) is 58.6 cm³/mol. The van der Waals surface area contributed by atoms with Crippen LogP contribution >= 0.6 is 34.2 Å². The third kappa shape index (κ3) is 2.45. The minimum absolute atomic E-state index is 0.162. The van der Waals surface area contributed by atoms with Gasteiger partial charge in [0.2, 0.25) is 0 Å². The number of hydrogen-bond acceptors (Lipinski definition) is 1. The summed E-state index contributed by atoms with van der Waals surface area (Å²) in [7, 11) is 0. The molecule has 0 radical (unpaired) electrons. The van der Waals surface area contributed by atoms with Gasteiger partial charge in [0.05, 0.1) is 5.02 Å². The number of halogens is 2. The van der Waals surface area contributed by atoms with Crippen molar-refractivity contribution in [3.05, 3.63) is 32.4 Å². The molecule has 0 bridgehead atoms. The monoisotopic (exact) mass is 294 g/mol. The van der Waals surface area contributed by atoms with Crippen LogP contribution in [0.4, 0.5) is 0 Å². The highest BCUT2D eigenvalue weighted by atomic mass is 127. The lowest BCUT2D eigenvalue weighted by atomic mass is 10.1. The van der Waals surface area contributed by atoms with Gasteiger partial charge in [-0.2, -0.15) is 0 Å². The zero-order chi connectivity index (χ0) is 9.14. The Morgan fingerprint density at radius 3 is 2.83 bits per heavy atom. The van der Waals surface area contributed by atoms with Crippen molar-refractivity contribution < 1.29 is 4.79 Å². The number of hydrogen-bond donors (Lipinski definition) is 0. The third-order valence-electron chi connectivity index (χ3n) is 1.47. The van der Waals surface area contributed by atoms with Crippen LogP contribution in [0, 0.1) is 3.57 Å². The van der Waals surface area contributed by atoms with Crippen LogP contribution in [0.3, 0.4) is 0 Å². The Balaban J connectivity index is 3.00. The van der Waals surface area contributed by atoms with Gasteiger partial charge in [-0.05, 0) is 41.1 Å². The fourth-order valence-electron chi connectivity index (χ4n) is 0.953. The van der Waals surface area contributed by atoms with E-state index in [-0.39, 0.29) is 5.78 Å². The Morgan fingerprint density at radius 2 is 2.25 bits per heavy atom. The number of Topliss-reactive ketones (excluding diaryl/α,β-unsaturated/α-hetero) is 1. The van der Waals surface area contributed by atoms with Crippen LogP contribution in [0.2, 0.25) is 5.02 Å². The molecule has 0 aliphatic rings. The molecule has 0 amide bonds. The Bertz CT molecular complexity index is 309. The summed E-state index contributed by atoms with van der Waals surface area (Å²) >= 11 is 8.03. The second kappa shape index (κ2) is 4.23. The number of ketones is 1. The average Bonchev–Trinajstić information content (AvgIpc) is 1.98. The molecule has 0 unspecified atom stereocenters. The van der Waals surface area contributed by atoms with E-state index in [1.807, 2.05) is 18.2 Å². The summed E-state index contributed by atoms with van der Waals surface area (Å²) in [4.78, 5) is 10.8. The molecule has 0 N–H and O–H groups in total. The first-order valence-electron chi connectivity index (χ1n) is 3.53. The zero-order valence-electron chi connectivity index (χ0n) is 6.60. The van der Waals surface area contributed by atoms with Crippen molar-refractivity contribution in [2.45, 2.75) is 13.3 Å². The van der Waals surface area contributed by atoms with Gasteiger partial charge in [0.15, 0.2) is 0 Å². The summed E-state index contributed by atoms with van der Waals surface area (Å²) in [5.41, 5.74) is 1.01. The lowest BCUT2D eigenvalue weighted by molar-refractivity contribution is -0.116. The van der Waals surface area contributed by atoms with Crippen molar-refractivity contribution in [2.24, 2.45) is 0 Å². The normalized spacial score (nSPS) is 9.92. The van der Waals surface area contributed by atoms with Gasteiger partial charge in [-0.15, -0.1) is 0 Å². The van der Waals surface area contributed by atoms with Crippen LogP contribution < -0.4 is 0 Å². The SMILES string of the molecule is CC(=O)Cc1cccc(Cl)c1I. The molecule has 1 aromatic carbocycles. The molecule has 0 atom stereocenters. The number of rotatable bonds is 2. The van der Waals surface area contributed by atoms with E-state index in [0.717, 1.165) is 9.13 Å². The molecule has 0 saturated carbocycles.